The lowest BCUT2D eigenvalue weighted by atomic mass is 10.1. The van der Waals surface area contributed by atoms with Crippen molar-refractivity contribution in [2.75, 3.05) is 4.90 Å². The van der Waals surface area contributed by atoms with Crippen molar-refractivity contribution in [1.29, 1.82) is 0 Å². The first kappa shape index (κ1) is 14.1. The fourth-order valence-corrected chi connectivity index (χ4v) is 4.07. The summed E-state index contributed by atoms with van der Waals surface area (Å²) in [5.74, 6) is -1.21. The standard InChI is InChI=1S/C13H6BrCl2NO2S/c14-9-4-1-6(20-9)5-17-11-8(16)3-2-7(15)10(11)12(18)13(17)19/h1-4H,5H2. The minimum absolute atomic E-state index is 0.194. The molecule has 7 heteroatoms. The summed E-state index contributed by atoms with van der Waals surface area (Å²) in [6, 6.07) is 6.90. The normalized spacial score (nSPS) is 14.1. The number of carbonyl (C=O) groups excluding carboxylic acids is 2. The van der Waals surface area contributed by atoms with Crippen molar-refractivity contribution in [2.24, 2.45) is 0 Å². The van der Waals surface area contributed by atoms with E-state index in [-0.39, 0.29) is 10.6 Å². The highest BCUT2D eigenvalue weighted by Gasteiger charge is 2.39. The number of thiophene rings is 1. The van der Waals surface area contributed by atoms with Gasteiger partial charge in [0, 0.05) is 4.88 Å². The van der Waals surface area contributed by atoms with Crippen LogP contribution in [0.5, 0.6) is 0 Å². The molecule has 2 aromatic rings. The van der Waals surface area contributed by atoms with E-state index in [4.69, 9.17) is 23.2 Å². The van der Waals surface area contributed by atoms with Crippen LogP contribution < -0.4 is 4.90 Å². The van der Waals surface area contributed by atoms with Crippen molar-refractivity contribution in [2.45, 2.75) is 6.54 Å². The molecule has 1 aliphatic rings. The molecule has 0 fully saturated rings. The highest BCUT2D eigenvalue weighted by atomic mass is 79.9. The molecule has 1 aromatic carbocycles. The van der Waals surface area contributed by atoms with Crippen LogP contribution in [-0.4, -0.2) is 11.7 Å². The van der Waals surface area contributed by atoms with Gasteiger partial charge in [-0.1, -0.05) is 23.2 Å². The van der Waals surface area contributed by atoms with Gasteiger partial charge in [0.1, 0.15) is 0 Å². The molecule has 0 atom stereocenters. The number of carbonyl (C=O) groups is 2. The Hall–Kier alpha value is -0.880. The summed E-state index contributed by atoms with van der Waals surface area (Å²) in [6.45, 7) is 0.300. The van der Waals surface area contributed by atoms with E-state index in [1.54, 1.807) is 6.07 Å². The third-order valence-electron chi connectivity index (χ3n) is 2.96. The van der Waals surface area contributed by atoms with Crippen molar-refractivity contribution in [3.63, 3.8) is 0 Å². The fourth-order valence-electron chi connectivity index (χ4n) is 2.10. The lowest BCUT2D eigenvalue weighted by Gasteiger charge is -2.16. The summed E-state index contributed by atoms with van der Waals surface area (Å²) in [7, 11) is 0. The summed E-state index contributed by atoms with van der Waals surface area (Å²) in [4.78, 5) is 26.5. The van der Waals surface area contributed by atoms with E-state index in [2.05, 4.69) is 15.9 Å². The number of amides is 1. The van der Waals surface area contributed by atoms with E-state index in [0.717, 1.165) is 8.66 Å². The molecule has 0 N–H and O–H groups in total. The first-order valence-corrected chi connectivity index (χ1v) is 7.94. The number of Topliss-reactive ketones (excluding diaryl/α,β-unsaturated/α-hetero) is 1. The molecule has 0 saturated heterocycles. The van der Waals surface area contributed by atoms with Crippen LogP contribution in [0.25, 0.3) is 0 Å². The fraction of sp³-hybridized carbons (Fsp3) is 0.0769. The van der Waals surface area contributed by atoms with Gasteiger partial charge in [0.05, 0.1) is 31.6 Å². The average Bonchev–Trinajstić information content (AvgIpc) is 2.92. The second-order valence-corrected chi connectivity index (χ2v) is 7.54. The Bertz CT molecular complexity index is 744. The van der Waals surface area contributed by atoms with E-state index in [1.165, 1.54) is 22.3 Å². The summed E-state index contributed by atoms with van der Waals surface area (Å²) < 4.78 is 0.961. The molecule has 0 unspecified atom stereocenters. The minimum Gasteiger partial charge on any atom is -0.298 e. The molecule has 0 aliphatic carbocycles. The van der Waals surface area contributed by atoms with Gasteiger partial charge in [-0.3, -0.25) is 14.5 Å². The smallest absolute Gasteiger partial charge is 0.298 e. The maximum Gasteiger partial charge on any atom is 0.299 e. The Morgan fingerprint density at radius 2 is 1.80 bits per heavy atom. The van der Waals surface area contributed by atoms with Crippen LogP contribution in [0.4, 0.5) is 5.69 Å². The van der Waals surface area contributed by atoms with Gasteiger partial charge in [-0.05, 0) is 40.2 Å². The zero-order chi connectivity index (χ0) is 14.4. The van der Waals surface area contributed by atoms with E-state index in [9.17, 15) is 9.59 Å². The number of fused-ring (bicyclic) bond motifs is 1. The number of hydrogen-bond acceptors (Lipinski definition) is 3. The number of ketones is 1. The molecule has 20 heavy (non-hydrogen) atoms. The largest absolute Gasteiger partial charge is 0.299 e. The SMILES string of the molecule is O=C1C(=O)N(Cc2ccc(Br)s2)c2c(Cl)ccc(Cl)c21. The van der Waals surface area contributed by atoms with Gasteiger partial charge in [-0.15, -0.1) is 11.3 Å². The van der Waals surface area contributed by atoms with Crippen LogP contribution >= 0.6 is 50.5 Å². The maximum absolute atomic E-state index is 12.1. The molecule has 3 nitrogen and oxygen atoms in total. The van der Waals surface area contributed by atoms with Gasteiger partial charge < -0.3 is 0 Å². The number of rotatable bonds is 2. The van der Waals surface area contributed by atoms with Crippen LogP contribution in [0.3, 0.4) is 0 Å². The third kappa shape index (κ3) is 2.19. The minimum atomic E-state index is -0.608. The quantitative estimate of drug-likeness (QED) is 0.705. The third-order valence-corrected chi connectivity index (χ3v) is 5.19. The van der Waals surface area contributed by atoms with Crippen molar-refractivity contribution >= 4 is 67.8 Å². The van der Waals surface area contributed by atoms with Gasteiger partial charge in [0.25, 0.3) is 11.7 Å². The van der Waals surface area contributed by atoms with E-state index in [0.29, 0.717) is 17.3 Å². The molecule has 0 spiro atoms. The molecule has 1 amide bonds. The van der Waals surface area contributed by atoms with E-state index >= 15 is 0 Å². The van der Waals surface area contributed by atoms with Gasteiger partial charge in [-0.25, -0.2) is 0 Å². The van der Waals surface area contributed by atoms with Crippen molar-refractivity contribution < 1.29 is 9.59 Å². The topological polar surface area (TPSA) is 37.4 Å². The Labute approximate surface area is 137 Å². The molecule has 3 rings (SSSR count). The maximum atomic E-state index is 12.1. The summed E-state index contributed by atoms with van der Waals surface area (Å²) in [6.07, 6.45) is 0. The van der Waals surface area contributed by atoms with E-state index in [1.807, 2.05) is 12.1 Å². The number of benzene rings is 1. The summed E-state index contributed by atoms with van der Waals surface area (Å²) in [5.41, 5.74) is 0.596. The first-order valence-electron chi connectivity index (χ1n) is 5.57. The zero-order valence-corrected chi connectivity index (χ0v) is 13.7. The number of hydrogen-bond donors (Lipinski definition) is 0. The number of halogens is 3. The lowest BCUT2D eigenvalue weighted by Crippen LogP contribution is -2.28. The van der Waals surface area contributed by atoms with Gasteiger partial charge in [-0.2, -0.15) is 0 Å². The highest BCUT2D eigenvalue weighted by Crippen LogP contribution is 2.41. The lowest BCUT2D eigenvalue weighted by molar-refractivity contribution is -0.114. The Kier molecular flexibility index (Phi) is 3.62. The van der Waals surface area contributed by atoms with E-state index < -0.39 is 11.7 Å². The van der Waals surface area contributed by atoms with Crippen LogP contribution in [0.15, 0.2) is 28.1 Å². The Balaban J connectivity index is 2.08. The summed E-state index contributed by atoms with van der Waals surface area (Å²) in [5, 5.41) is 0.594. The molecule has 0 saturated carbocycles. The predicted octanol–water partition coefficient (Wildman–Crippen LogP) is 4.55. The van der Waals surface area contributed by atoms with Gasteiger partial charge in [0.15, 0.2) is 0 Å². The van der Waals surface area contributed by atoms with Crippen LogP contribution in [0, 0.1) is 0 Å². The van der Waals surface area contributed by atoms with Gasteiger partial charge >= 0.3 is 0 Å². The second-order valence-electron chi connectivity index (χ2n) is 4.18. The first-order chi connectivity index (χ1) is 9.49. The molecular weight excluding hydrogens is 385 g/mol. The van der Waals surface area contributed by atoms with Crippen molar-refractivity contribution in [3.8, 4) is 0 Å². The highest BCUT2D eigenvalue weighted by molar-refractivity contribution is 9.11. The van der Waals surface area contributed by atoms with Crippen LogP contribution in [0.1, 0.15) is 15.2 Å². The molecule has 102 valence electrons. The molecule has 0 bridgehead atoms. The molecular formula is C13H6BrCl2NO2S. The predicted molar refractivity (Wildman–Crippen MR) is 84.0 cm³/mol. The van der Waals surface area contributed by atoms with Crippen LogP contribution in [0.2, 0.25) is 10.0 Å². The second kappa shape index (κ2) is 5.15. The zero-order valence-electron chi connectivity index (χ0n) is 9.82. The Morgan fingerprint density at radius 3 is 2.45 bits per heavy atom. The monoisotopic (exact) mass is 389 g/mol. The van der Waals surface area contributed by atoms with Gasteiger partial charge in [0.2, 0.25) is 0 Å². The molecule has 2 heterocycles. The molecule has 1 aromatic heterocycles. The molecule has 0 radical (unpaired) electrons. The number of anilines is 1. The summed E-state index contributed by atoms with van der Waals surface area (Å²) >= 11 is 17.0. The van der Waals surface area contributed by atoms with Crippen molar-refractivity contribution in [3.05, 3.63) is 48.5 Å². The number of nitrogens with zero attached hydrogens (tertiary/aromatic N) is 1. The Morgan fingerprint density at radius 1 is 1.10 bits per heavy atom. The van der Waals surface area contributed by atoms with Crippen molar-refractivity contribution in [1.82, 2.24) is 0 Å². The molecule has 1 aliphatic heterocycles. The average molecular weight is 391 g/mol. The van der Waals surface area contributed by atoms with Crippen LogP contribution in [-0.2, 0) is 11.3 Å².